The first kappa shape index (κ1) is 9.97. The largest absolute Gasteiger partial charge is 0.377 e. The van der Waals surface area contributed by atoms with Crippen molar-refractivity contribution in [1.82, 2.24) is 5.32 Å². The van der Waals surface area contributed by atoms with Crippen LogP contribution in [0.25, 0.3) is 0 Å². The molecule has 1 aliphatic rings. The van der Waals surface area contributed by atoms with Crippen LogP contribution in [0.4, 0.5) is 0 Å². The average molecular weight is 185 g/mol. The number of hydrogen-bond acceptors (Lipinski definition) is 1. The highest BCUT2D eigenvalue weighted by molar-refractivity contribution is 7.80. The first-order valence-corrected chi connectivity index (χ1v) is 5.38. The Morgan fingerprint density at radius 3 is 2.67 bits per heavy atom. The Labute approximate surface area is 80.9 Å². The Morgan fingerprint density at radius 1 is 1.50 bits per heavy atom. The third kappa shape index (κ3) is 4.70. The molecule has 2 heteroatoms. The van der Waals surface area contributed by atoms with E-state index in [1.165, 1.54) is 25.7 Å². The molecule has 0 spiro atoms. The molecule has 0 amide bonds. The van der Waals surface area contributed by atoms with Crippen LogP contribution in [0.2, 0.25) is 0 Å². The topological polar surface area (TPSA) is 12.0 Å². The highest BCUT2D eigenvalue weighted by Crippen LogP contribution is 2.19. The molecule has 0 aliphatic heterocycles. The van der Waals surface area contributed by atoms with Crippen LogP contribution in [0.3, 0.4) is 0 Å². The van der Waals surface area contributed by atoms with Crippen molar-refractivity contribution in [2.75, 3.05) is 0 Å². The Kier molecular flexibility index (Phi) is 3.99. The first-order chi connectivity index (χ1) is 5.68. The van der Waals surface area contributed by atoms with Crippen molar-refractivity contribution < 1.29 is 0 Å². The minimum absolute atomic E-state index is 0.733. The van der Waals surface area contributed by atoms with Crippen LogP contribution >= 0.6 is 12.2 Å². The van der Waals surface area contributed by atoms with Gasteiger partial charge in [-0.3, -0.25) is 0 Å². The van der Waals surface area contributed by atoms with Crippen molar-refractivity contribution in [1.29, 1.82) is 0 Å². The molecular weight excluding hydrogens is 166 g/mol. The van der Waals surface area contributed by atoms with Crippen LogP contribution in [0.1, 0.15) is 46.0 Å². The molecule has 1 N–H and O–H groups in total. The standard InChI is InChI=1S/C10H19NS/c1-8(2)4-3-5-10(12)11-9-6-7-9/h8-9H,3-7H2,1-2H3,(H,11,12). The molecule has 1 rings (SSSR count). The summed E-state index contributed by atoms with van der Waals surface area (Å²) in [5.41, 5.74) is 0. The van der Waals surface area contributed by atoms with E-state index in [1.54, 1.807) is 0 Å². The van der Waals surface area contributed by atoms with E-state index in [1.807, 2.05) is 0 Å². The predicted molar refractivity (Wildman–Crippen MR) is 57.4 cm³/mol. The summed E-state index contributed by atoms with van der Waals surface area (Å²) < 4.78 is 0. The van der Waals surface area contributed by atoms with Crippen molar-refractivity contribution in [3.05, 3.63) is 0 Å². The van der Waals surface area contributed by atoms with Crippen LogP contribution in [-0.4, -0.2) is 11.0 Å². The number of thiocarbonyl (C=S) groups is 1. The van der Waals surface area contributed by atoms with E-state index in [-0.39, 0.29) is 0 Å². The molecule has 0 unspecified atom stereocenters. The third-order valence-corrected chi connectivity index (χ3v) is 2.45. The molecule has 0 aromatic rings. The SMILES string of the molecule is CC(C)CCCC(=S)NC1CC1. The molecule has 0 saturated heterocycles. The highest BCUT2D eigenvalue weighted by atomic mass is 32.1. The Balaban J connectivity index is 1.94. The molecule has 1 aliphatic carbocycles. The molecular formula is C10H19NS. The predicted octanol–water partition coefficient (Wildman–Crippen LogP) is 2.89. The summed E-state index contributed by atoms with van der Waals surface area (Å²) >= 11 is 5.21. The minimum Gasteiger partial charge on any atom is -0.377 e. The number of nitrogens with one attached hydrogen (secondary N) is 1. The average Bonchev–Trinajstić information content (AvgIpc) is 2.70. The van der Waals surface area contributed by atoms with Gasteiger partial charge in [0.25, 0.3) is 0 Å². The monoisotopic (exact) mass is 185 g/mol. The summed E-state index contributed by atoms with van der Waals surface area (Å²) in [4.78, 5) is 1.08. The van der Waals surface area contributed by atoms with Gasteiger partial charge >= 0.3 is 0 Å². The van der Waals surface area contributed by atoms with E-state index in [2.05, 4.69) is 19.2 Å². The van der Waals surface area contributed by atoms with Gasteiger partial charge in [-0.15, -0.1) is 0 Å². The maximum Gasteiger partial charge on any atom is 0.0755 e. The quantitative estimate of drug-likeness (QED) is 0.661. The van der Waals surface area contributed by atoms with Crippen LogP contribution in [0, 0.1) is 5.92 Å². The molecule has 0 heterocycles. The van der Waals surface area contributed by atoms with E-state index in [0.717, 1.165) is 23.4 Å². The van der Waals surface area contributed by atoms with Crippen LogP contribution in [0.15, 0.2) is 0 Å². The fraction of sp³-hybridized carbons (Fsp3) is 0.900. The second-order valence-electron chi connectivity index (χ2n) is 4.13. The molecule has 0 atom stereocenters. The lowest BCUT2D eigenvalue weighted by Crippen LogP contribution is -2.23. The Morgan fingerprint density at radius 2 is 2.17 bits per heavy atom. The summed E-state index contributed by atoms with van der Waals surface area (Å²) in [7, 11) is 0. The van der Waals surface area contributed by atoms with Crippen molar-refractivity contribution in [2.24, 2.45) is 5.92 Å². The summed E-state index contributed by atoms with van der Waals surface area (Å²) in [6.45, 7) is 4.52. The smallest absolute Gasteiger partial charge is 0.0755 e. The zero-order valence-corrected chi connectivity index (χ0v) is 8.91. The maximum atomic E-state index is 5.21. The molecule has 0 bridgehead atoms. The van der Waals surface area contributed by atoms with E-state index < -0.39 is 0 Å². The molecule has 0 aromatic carbocycles. The van der Waals surface area contributed by atoms with E-state index in [9.17, 15) is 0 Å². The minimum atomic E-state index is 0.733. The zero-order chi connectivity index (χ0) is 8.97. The van der Waals surface area contributed by atoms with Crippen LogP contribution < -0.4 is 5.32 Å². The third-order valence-electron chi connectivity index (χ3n) is 2.13. The van der Waals surface area contributed by atoms with Gasteiger partial charge in [-0.05, 0) is 31.6 Å². The lowest BCUT2D eigenvalue weighted by molar-refractivity contribution is 0.563. The van der Waals surface area contributed by atoms with Crippen molar-refractivity contribution in [2.45, 2.75) is 52.0 Å². The molecule has 1 saturated carbocycles. The zero-order valence-electron chi connectivity index (χ0n) is 8.10. The maximum absolute atomic E-state index is 5.21. The molecule has 70 valence electrons. The van der Waals surface area contributed by atoms with Gasteiger partial charge in [0.2, 0.25) is 0 Å². The number of hydrogen-bond donors (Lipinski definition) is 1. The second-order valence-corrected chi connectivity index (χ2v) is 4.62. The van der Waals surface area contributed by atoms with Crippen molar-refractivity contribution in [3.63, 3.8) is 0 Å². The van der Waals surface area contributed by atoms with Gasteiger partial charge in [0, 0.05) is 6.04 Å². The number of rotatable bonds is 5. The second kappa shape index (κ2) is 4.80. The Bertz CT molecular complexity index is 150. The van der Waals surface area contributed by atoms with Gasteiger partial charge in [-0.2, -0.15) is 0 Å². The fourth-order valence-electron chi connectivity index (χ4n) is 1.20. The van der Waals surface area contributed by atoms with E-state index in [0.29, 0.717) is 0 Å². The summed E-state index contributed by atoms with van der Waals surface area (Å²) in [5.74, 6) is 0.814. The van der Waals surface area contributed by atoms with Gasteiger partial charge < -0.3 is 5.32 Å². The van der Waals surface area contributed by atoms with Crippen molar-refractivity contribution >= 4 is 17.2 Å². The molecule has 1 nitrogen and oxygen atoms in total. The first-order valence-electron chi connectivity index (χ1n) is 4.98. The Hall–Kier alpha value is -0.110. The lowest BCUT2D eigenvalue weighted by atomic mass is 10.1. The van der Waals surface area contributed by atoms with Crippen LogP contribution in [0.5, 0.6) is 0 Å². The van der Waals surface area contributed by atoms with Gasteiger partial charge in [0.1, 0.15) is 0 Å². The van der Waals surface area contributed by atoms with Gasteiger partial charge in [0.05, 0.1) is 4.99 Å². The van der Waals surface area contributed by atoms with E-state index in [4.69, 9.17) is 12.2 Å². The van der Waals surface area contributed by atoms with E-state index >= 15 is 0 Å². The van der Waals surface area contributed by atoms with Gasteiger partial charge in [-0.1, -0.05) is 32.5 Å². The summed E-state index contributed by atoms with van der Waals surface area (Å²) in [6.07, 6.45) is 6.28. The molecule has 1 fully saturated rings. The molecule has 12 heavy (non-hydrogen) atoms. The van der Waals surface area contributed by atoms with Crippen LogP contribution in [-0.2, 0) is 0 Å². The summed E-state index contributed by atoms with van der Waals surface area (Å²) in [6, 6.07) is 0.733. The highest BCUT2D eigenvalue weighted by Gasteiger charge is 2.21. The molecule has 0 radical (unpaired) electrons. The van der Waals surface area contributed by atoms with Crippen molar-refractivity contribution in [3.8, 4) is 0 Å². The molecule has 0 aromatic heterocycles. The fourth-order valence-corrected chi connectivity index (χ4v) is 1.51. The van der Waals surface area contributed by atoms with Gasteiger partial charge in [0.15, 0.2) is 0 Å². The van der Waals surface area contributed by atoms with Gasteiger partial charge in [-0.25, -0.2) is 0 Å². The lowest BCUT2D eigenvalue weighted by Gasteiger charge is -2.07. The normalized spacial score (nSPS) is 16.6. The summed E-state index contributed by atoms with van der Waals surface area (Å²) in [5, 5.41) is 3.36.